The molecule has 7 nitrogen and oxygen atoms in total. The molecule has 0 saturated heterocycles. The standard InChI is InChI=1S/C15H13ClN2O5/c16-10-4-3-9(18(22)23)6-11(10)17-14(19)12-7-1-2-8(5-7)13(12)15(20)21/h1-4,6-8,12-13H,5H2,(H,17,19)(H,20,21). The molecule has 120 valence electrons. The summed E-state index contributed by atoms with van der Waals surface area (Å²) >= 11 is 5.96. The van der Waals surface area contributed by atoms with Gasteiger partial charge in [0.25, 0.3) is 5.69 Å². The summed E-state index contributed by atoms with van der Waals surface area (Å²) in [6, 6.07) is 3.72. The van der Waals surface area contributed by atoms with E-state index in [1.807, 2.05) is 12.2 Å². The van der Waals surface area contributed by atoms with Gasteiger partial charge >= 0.3 is 5.97 Å². The van der Waals surface area contributed by atoms with Gasteiger partial charge in [0.05, 0.1) is 27.5 Å². The van der Waals surface area contributed by atoms with Gasteiger partial charge in [-0.3, -0.25) is 19.7 Å². The molecule has 1 fully saturated rings. The van der Waals surface area contributed by atoms with Gasteiger partial charge in [-0.1, -0.05) is 23.8 Å². The third-order valence-corrected chi connectivity index (χ3v) is 4.80. The molecule has 0 heterocycles. The molecule has 2 bridgehead atoms. The van der Waals surface area contributed by atoms with Crippen LogP contribution in [0.5, 0.6) is 0 Å². The van der Waals surface area contributed by atoms with Crippen LogP contribution < -0.4 is 5.32 Å². The Morgan fingerprint density at radius 3 is 2.52 bits per heavy atom. The highest BCUT2D eigenvalue weighted by Gasteiger charge is 2.51. The van der Waals surface area contributed by atoms with Crippen LogP contribution >= 0.6 is 11.6 Å². The van der Waals surface area contributed by atoms with Gasteiger partial charge in [0, 0.05) is 12.1 Å². The number of non-ortho nitro benzene ring substituents is 1. The highest BCUT2D eigenvalue weighted by atomic mass is 35.5. The first-order valence-corrected chi connectivity index (χ1v) is 7.42. The van der Waals surface area contributed by atoms with Crippen molar-refractivity contribution in [3.8, 4) is 0 Å². The number of fused-ring (bicyclic) bond motifs is 2. The molecule has 2 N–H and O–H groups in total. The second kappa shape index (κ2) is 5.66. The zero-order valence-electron chi connectivity index (χ0n) is 11.8. The van der Waals surface area contributed by atoms with Crippen LogP contribution in [0, 0.1) is 33.8 Å². The van der Waals surface area contributed by atoms with E-state index < -0.39 is 28.6 Å². The Bertz CT molecular complexity index is 733. The summed E-state index contributed by atoms with van der Waals surface area (Å²) in [5.41, 5.74) is -0.0888. The number of nitrogens with one attached hydrogen (secondary N) is 1. The Hall–Kier alpha value is -2.41. The third-order valence-electron chi connectivity index (χ3n) is 4.47. The average molecular weight is 337 g/mol. The maximum Gasteiger partial charge on any atom is 0.307 e. The number of benzene rings is 1. The van der Waals surface area contributed by atoms with E-state index in [-0.39, 0.29) is 28.2 Å². The number of anilines is 1. The Morgan fingerprint density at radius 1 is 1.26 bits per heavy atom. The molecule has 1 amide bonds. The third kappa shape index (κ3) is 2.68. The van der Waals surface area contributed by atoms with E-state index >= 15 is 0 Å². The highest BCUT2D eigenvalue weighted by Crippen LogP contribution is 2.48. The van der Waals surface area contributed by atoms with Gasteiger partial charge in [0.2, 0.25) is 5.91 Å². The molecule has 1 saturated carbocycles. The number of carboxylic acids is 1. The fourth-order valence-corrected chi connectivity index (χ4v) is 3.62. The molecule has 0 aliphatic heterocycles. The van der Waals surface area contributed by atoms with E-state index in [0.717, 1.165) is 0 Å². The van der Waals surface area contributed by atoms with Crippen LogP contribution in [0.2, 0.25) is 5.02 Å². The van der Waals surface area contributed by atoms with Crippen LogP contribution in [-0.4, -0.2) is 21.9 Å². The van der Waals surface area contributed by atoms with E-state index in [1.165, 1.54) is 18.2 Å². The monoisotopic (exact) mass is 336 g/mol. The number of halogens is 1. The fourth-order valence-electron chi connectivity index (χ4n) is 3.46. The molecule has 2 aliphatic carbocycles. The largest absolute Gasteiger partial charge is 0.481 e. The first-order valence-electron chi connectivity index (χ1n) is 7.04. The summed E-state index contributed by atoms with van der Waals surface area (Å²) in [6.45, 7) is 0. The van der Waals surface area contributed by atoms with Gasteiger partial charge < -0.3 is 10.4 Å². The van der Waals surface area contributed by atoms with Crippen molar-refractivity contribution >= 4 is 34.9 Å². The lowest BCUT2D eigenvalue weighted by atomic mass is 9.82. The zero-order valence-corrected chi connectivity index (χ0v) is 12.6. The molecule has 1 aromatic carbocycles. The molecule has 3 rings (SSSR count). The second-order valence-electron chi connectivity index (χ2n) is 5.75. The zero-order chi connectivity index (χ0) is 16.7. The van der Waals surface area contributed by atoms with Crippen molar-refractivity contribution in [1.82, 2.24) is 0 Å². The van der Waals surface area contributed by atoms with Crippen molar-refractivity contribution in [3.63, 3.8) is 0 Å². The number of nitro groups is 1. The Morgan fingerprint density at radius 2 is 1.91 bits per heavy atom. The highest BCUT2D eigenvalue weighted by molar-refractivity contribution is 6.33. The molecule has 23 heavy (non-hydrogen) atoms. The summed E-state index contributed by atoms with van der Waals surface area (Å²) in [5.74, 6) is -3.23. The first-order chi connectivity index (χ1) is 10.9. The Kier molecular flexibility index (Phi) is 3.81. The number of rotatable bonds is 4. The molecule has 0 radical (unpaired) electrons. The van der Waals surface area contributed by atoms with Crippen LogP contribution in [0.1, 0.15) is 6.42 Å². The summed E-state index contributed by atoms with van der Waals surface area (Å²) < 4.78 is 0. The smallest absolute Gasteiger partial charge is 0.307 e. The van der Waals surface area contributed by atoms with Crippen molar-refractivity contribution in [2.45, 2.75) is 6.42 Å². The summed E-state index contributed by atoms with van der Waals surface area (Å²) in [6.07, 6.45) is 4.34. The number of hydrogen-bond acceptors (Lipinski definition) is 4. The minimum atomic E-state index is -1.01. The number of amides is 1. The molecule has 2 aliphatic rings. The predicted octanol–water partition coefficient (Wildman–Crippen LogP) is 2.71. The quantitative estimate of drug-likeness (QED) is 0.499. The van der Waals surface area contributed by atoms with Crippen LogP contribution in [0.15, 0.2) is 30.4 Å². The van der Waals surface area contributed by atoms with Crippen LogP contribution in [0.3, 0.4) is 0 Å². The lowest BCUT2D eigenvalue weighted by molar-refractivity contribution is -0.384. The number of aliphatic carboxylic acids is 1. The number of nitrogens with zero attached hydrogens (tertiary/aromatic N) is 1. The summed E-state index contributed by atoms with van der Waals surface area (Å²) in [7, 11) is 0. The first kappa shape index (κ1) is 15.5. The maximum absolute atomic E-state index is 12.5. The molecular formula is C15H13ClN2O5. The van der Waals surface area contributed by atoms with Crippen molar-refractivity contribution in [2.75, 3.05) is 5.32 Å². The normalized spacial score (nSPS) is 27.9. The number of carbonyl (C=O) groups is 2. The van der Waals surface area contributed by atoms with Crippen molar-refractivity contribution in [1.29, 1.82) is 0 Å². The molecule has 0 aromatic heterocycles. The van der Waals surface area contributed by atoms with Crippen molar-refractivity contribution in [2.24, 2.45) is 23.7 Å². The van der Waals surface area contributed by atoms with E-state index in [4.69, 9.17) is 11.6 Å². The number of carboxylic acid groups (broad SMARTS) is 1. The predicted molar refractivity (Wildman–Crippen MR) is 82.1 cm³/mol. The molecular weight excluding hydrogens is 324 g/mol. The fraction of sp³-hybridized carbons (Fsp3) is 0.333. The second-order valence-corrected chi connectivity index (χ2v) is 6.16. The van der Waals surface area contributed by atoms with E-state index in [0.29, 0.717) is 6.42 Å². The average Bonchev–Trinajstić information content (AvgIpc) is 3.09. The van der Waals surface area contributed by atoms with Crippen LogP contribution in [-0.2, 0) is 9.59 Å². The van der Waals surface area contributed by atoms with Gasteiger partial charge in [-0.15, -0.1) is 0 Å². The van der Waals surface area contributed by atoms with Gasteiger partial charge in [-0.2, -0.15) is 0 Å². The number of allylic oxidation sites excluding steroid dienone is 2. The van der Waals surface area contributed by atoms with E-state index in [9.17, 15) is 24.8 Å². The SMILES string of the molecule is O=C(O)C1C2C=CC(C2)C1C(=O)Nc1cc([N+](=O)[O-])ccc1Cl. The maximum atomic E-state index is 12.5. The number of carbonyl (C=O) groups excluding carboxylic acids is 1. The van der Waals surface area contributed by atoms with Crippen LogP contribution in [0.25, 0.3) is 0 Å². The minimum Gasteiger partial charge on any atom is -0.481 e. The summed E-state index contributed by atoms with van der Waals surface area (Å²) in [5, 5.41) is 22.9. The van der Waals surface area contributed by atoms with Crippen molar-refractivity contribution < 1.29 is 19.6 Å². The van der Waals surface area contributed by atoms with Crippen LogP contribution in [0.4, 0.5) is 11.4 Å². The lowest BCUT2D eigenvalue weighted by Gasteiger charge is -2.24. The molecule has 4 unspecified atom stereocenters. The Labute approximate surface area is 136 Å². The molecule has 1 aromatic rings. The van der Waals surface area contributed by atoms with Gasteiger partial charge in [0.15, 0.2) is 0 Å². The number of hydrogen-bond donors (Lipinski definition) is 2. The molecule has 0 spiro atoms. The van der Waals surface area contributed by atoms with Gasteiger partial charge in [-0.25, -0.2) is 0 Å². The molecule has 4 atom stereocenters. The van der Waals surface area contributed by atoms with Gasteiger partial charge in [-0.05, 0) is 24.3 Å². The van der Waals surface area contributed by atoms with Gasteiger partial charge in [0.1, 0.15) is 0 Å². The summed E-state index contributed by atoms with van der Waals surface area (Å²) in [4.78, 5) is 34.2. The van der Waals surface area contributed by atoms with E-state index in [1.54, 1.807) is 0 Å². The topological polar surface area (TPSA) is 110 Å². The molecule has 8 heteroatoms. The number of nitro benzene ring substituents is 1. The van der Waals surface area contributed by atoms with E-state index in [2.05, 4.69) is 5.32 Å². The minimum absolute atomic E-state index is 0.113. The lowest BCUT2D eigenvalue weighted by Crippen LogP contribution is -2.36. The Balaban J connectivity index is 1.85. The van der Waals surface area contributed by atoms with Crippen molar-refractivity contribution in [3.05, 3.63) is 45.5 Å².